The Kier molecular flexibility index (Phi) is 7.42. The average molecular weight is 351 g/mol. The standard InChI is InChI=1S/C17H25N3O3S/c1-19(2)9-6-14(21)15-4-5-16(24-15)17(22)18-7-3-8-20-10-12-23-13-11-20/h4-6,9H,3,7-8,10-13H2,1-2H3,(H,18,22). The van der Waals surface area contributed by atoms with E-state index in [4.69, 9.17) is 4.74 Å². The molecule has 0 aromatic carbocycles. The van der Waals surface area contributed by atoms with E-state index in [0.717, 1.165) is 39.3 Å². The number of nitrogens with one attached hydrogen (secondary N) is 1. The molecule has 1 aliphatic rings. The molecule has 6 nitrogen and oxygen atoms in total. The second-order valence-corrected chi connectivity index (χ2v) is 6.95. The van der Waals surface area contributed by atoms with Gasteiger partial charge in [0.1, 0.15) is 0 Å². The van der Waals surface area contributed by atoms with Crippen molar-refractivity contribution in [3.63, 3.8) is 0 Å². The smallest absolute Gasteiger partial charge is 0.261 e. The molecule has 0 unspecified atom stereocenters. The van der Waals surface area contributed by atoms with Gasteiger partial charge in [-0.2, -0.15) is 0 Å². The van der Waals surface area contributed by atoms with E-state index in [2.05, 4.69) is 10.2 Å². The monoisotopic (exact) mass is 351 g/mol. The predicted molar refractivity (Wildman–Crippen MR) is 95.7 cm³/mol. The quantitative estimate of drug-likeness (QED) is 0.436. The molecule has 7 heteroatoms. The third-order valence-electron chi connectivity index (χ3n) is 3.64. The number of thiophene rings is 1. The molecule has 1 N–H and O–H groups in total. The fourth-order valence-corrected chi connectivity index (χ4v) is 3.15. The number of hydrogen-bond acceptors (Lipinski definition) is 6. The van der Waals surface area contributed by atoms with Crippen LogP contribution in [-0.2, 0) is 4.74 Å². The molecule has 0 spiro atoms. The Labute approximate surface area is 147 Å². The number of carbonyl (C=O) groups is 2. The summed E-state index contributed by atoms with van der Waals surface area (Å²) in [5.74, 6) is -0.197. The fourth-order valence-electron chi connectivity index (χ4n) is 2.31. The van der Waals surface area contributed by atoms with Gasteiger partial charge < -0.3 is 15.0 Å². The van der Waals surface area contributed by atoms with Crippen LogP contribution in [0.2, 0.25) is 0 Å². The lowest BCUT2D eigenvalue weighted by Crippen LogP contribution is -2.38. The van der Waals surface area contributed by atoms with Crippen LogP contribution >= 0.6 is 11.3 Å². The molecule has 0 saturated carbocycles. The van der Waals surface area contributed by atoms with E-state index in [9.17, 15) is 9.59 Å². The van der Waals surface area contributed by atoms with Crippen molar-refractivity contribution in [2.24, 2.45) is 0 Å². The Morgan fingerprint density at radius 1 is 1.29 bits per heavy atom. The molecular formula is C17H25N3O3S. The molecule has 0 bridgehead atoms. The first-order chi connectivity index (χ1) is 11.6. The first-order valence-corrected chi connectivity index (χ1v) is 8.95. The number of ether oxygens (including phenoxy) is 1. The molecular weight excluding hydrogens is 326 g/mol. The second-order valence-electron chi connectivity index (χ2n) is 5.87. The van der Waals surface area contributed by atoms with Crippen LogP contribution in [0.5, 0.6) is 0 Å². The summed E-state index contributed by atoms with van der Waals surface area (Å²) < 4.78 is 5.31. The molecule has 0 atom stereocenters. The van der Waals surface area contributed by atoms with Gasteiger partial charge in [-0.25, -0.2) is 0 Å². The lowest BCUT2D eigenvalue weighted by atomic mass is 10.3. The van der Waals surface area contributed by atoms with Crippen LogP contribution in [0, 0.1) is 0 Å². The summed E-state index contributed by atoms with van der Waals surface area (Å²) in [5.41, 5.74) is 0. The number of carbonyl (C=O) groups excluding carboxylic acids is 2. The first kappa shape index (κ1) is 18.6. The highest BCUT2D eigenvalue weighted by Crippen LogP contribution is 2.17. The van der Waals surface area contributed by atoms with Gasteiger partial charge in [-0.3, -0.25) is 14.5 Å². The zero-order chi connectivity index (χ0) is 17.4. The molecule has 0 aliphatic carbocycles. The van der Waals surface area contributed by atoms with Crippen molar-refractivity contribution < 1.29 is 14.3 Å². The fraction of sp³-hybridized carbons (Fsp3) is 0.529. The number of amides is 1. The zero-order valence-electron chi connectivity index (χ0n) is 14.3. The van der Waals surface area contributed by atoms with Crippen LogP contribution in [0.4, 0.5) is 0 Å². The minimum Gasteiger partial charge on any atom is -0.383 e. The van der Waals surface area contributed by atoms with E-state index in [0.29, 0.717) is 16.3 Å². The van der Waals surface area contributed by atoms with Gasteiger partial charge in [-0.1, -0.05) is 0 Å². The number of rotatable bonds is 8. The van der Waals surface area contributed by atoms with Crippen LogP contribution in [0.3, 0.4) is 0 Å². The third-order valence-corrected chi connectivity index (χ3v) is 4.74. The van der Waals surface area contributed by atoms with Gasteiger partial charge in [0.15, 0.2) is 5.78 Å². The average Bonchev–Trinajstić information content (AvgIpc) is 3.07. The minimum absolute atomic E-state index is 0.0833. The molecule has 1 fully saturated rings. The Morgan fingerprint density at radius 2 is 2.00 bits per heavy atom. The van der Waals surface area contributed by atoms with E-state index < -0.39 is 0 Å². The molecule has 132 valence electrons. The highest BCUT2D eigenvalue weighted by Gasteiger charge is 2.13. The lowest BCUT2D eigenvalue weighted by Gasteiger charge is -2.26. The van der Waals surface area contributed by atoms with Crippen molar-refractivity contribution in [1.82, 2.24) is 15.1 Å². The molecule has 1 aromatic heterocycles. The van der Waals surface area contributed by atoms with Gasteiger partial charge in [-0.15, -0.1) is 11.3 Å². The van der Waals surface area contributed by atoms with Crippen molar-refractivity contribution in [3.8, 4) is 0 Å². The van der Waals surface area contributed by atoms with Crippen LogP contribution in [0.25, 0.3) is 0 Å². The first-order valence-electron chi connectivity index (χ1n) is 8.13. The van der Waals surface area contributed by atoms with E-state index in [1.807, 2.05) is 14.1 Å². The third kappa shape index (κ3) is 6.07. The van der Waals surface area contributed by atoms with Gasteiger partial charge >= 0.3 is 0 Å². The molecule has 2 rings (SSSR count). The largest absolute Gasteiger partial charge is 0.383 e. The Bertz CT molecular complexity index is 577. The van der Waals surface area contributed by atoms with Crippen molar-refractivity contribution >= 4 is 23.0 Å². The van der Waals surface area contributed by atoms with Crippen molar-refractivity contribution in [2.45, 2.75) is 6.42 Å². The van der Waals surface area contributed by atoms with Gasteiger partial charge in [-0.05, 0) is 25.1 Å². The van der Waals surface area contributed by atoms with E-state index in [1.54, 1.807) is 23.2 Å². The number of nitrogens with zero attached hydrogens (tertiary/aromatic N) is 2. The highest BCUT2D eigenvalue weighted by atomic mass is 32.1. The van der Waals surface area contributed by atoms with Gasteiger partial charge in [0, 0.05) is 46.0 Å². The van der Waals surface area contributed by atoms with Crippen molar-refractivity contribution in [2.75, 3.05) is 53.5 Å². The summed E-state index contributed by atoms with van der Waals surface area (Å²) in [6.45, 7) is 5.11. The predicted octanol–water partition coefficient (Wildman–Crippen LogP) is 1.46. The Morgan fingerprint density at radius 3 is 2.71 bits per heavy atom. The molecule has 24 heavy (non-hydrogen) atoms. The summed E-state index contributed by atoms with van der Waals surface area (Å²) in [6.07, 6.45) is 4.12. The molecule has 1 saturated heterocycles. The zero-order valence-corrected chi connectivity index (χ0v) is 15.1. The van der Waals surface area contributed by atoms with Crippen LogP contribution < -0.4 is 5.32 Å². The maximum absolute atomic E-state index is 12.1. The molecule has 1 aromatic rings. The highest BCUT2D eigenvalue weighted by molar-refractivity contribution is 7.16. The number of morpholine rings is 1. The van der Waals surface area contributed by atoms with Crippen LogP contribution in [0.1, 0.15) is 25.8 Å². The maximum Gasteiger partial charge on any atom is 0.261 e. The summed E-state index contributed by atoms with van der Waals surface area (Å²) >= 11 is 1.23. The molecule has 1 amide bonds. The van der Waals surface area contributed by atoms with Crippen LogP contribution in [-0.4, -0.2) is 75.0 Å². The Balaban J connectivity index is 1.73. The van der Waals surface area contributed by atoms with Gasteiger partial charge in [0.05, 0.1) is 23.0 Å². The van der Waals surface area contributed by atoms with Crippen LogP contribution in [0.15, 0.2) is 24.4 Å². The normalized spacial score (nSPS) is 15.6. The summed E-state index contributed by atoms with van der Waals surface area (Å²) in [4.78, 5) is 29.4. The number of hydrogen-bond donors (Lipinski definition) is 1. The number of ketones is 1. The van der Waals surface area contributed by atoms with E-state index in [1.165, 1.54) is 17.4 Å². The summed E-state index contributed by atoms with van der Waals surface area (Å²) in [5, 5.41) is 2.92. The van der Waals surface area contributed by atoms with Gasteiger partial charge in [0.25, 0.3) is 5.91 Å². The molecule has 0 radical (unpaired) electrons. The minimum atomic E-state index is -0.113. The SMILES string of the molecule is CN(C)C=CC(=O)c1ccc(C(=O)NCCCN2CCOCC2)s1. The topological polar surface area (TPSA) is 61.9 Å². The second kappa shape index (κ2) is 9.56. The van der Waals surface area contributed by atoms with Gasteiger partial charge in [0.2, 0.25) is 0 Å². The Hall–Kier alpha value is -1.70. The summed E-state index contributed by atoms with van der Waals surface area (Å²) in [6, 6.07) is 3.41. The molecule has 2 heterocycles. The van der Waals surface area contributed by atoms with E-state index in [-0.39, 0.29) is 11.7 Å². The summed E-state index contributed by atoms with van der Waals surface area (Å²) in [7, 11) is 3.71. The molecule has 1 aliphatic heterocycles. The lowest BCUT2D eigenvalue weighted by molar-refractivity contribution is 0.0374. The maximum atomic E-state index is 12.1. The van der Waals surface area contributed by atoms with Crippen molar-refractivity contribution in [1.29, 1.82) is 0 Å². The number of allylic oxidation sites excluding steroid dienone is 1. The van der Waals surface area contributed by atoms with E-state index >= 15 is 0 Å². The van der Waals surface area contributed by atoms with Crippen molar-refractivity contribution in [3.05, 3.63) is 34.2 Å².